The summed E-state index contributed by atoms with van der Waals surface area (Å²) in [5.41, 5.74) is 2.83. The fourth-order valence-corrected chi connectivity index (χ4v) is 3.76. The van der Waals surface area contributed by atoms with Gasteiger partial charge in [-0.15, -0.1) is 12.4 Å². The molecule has 0 aliphatic heterocycles. The van der Waals surface area contributed by atoms with E-state index in [0.717, 1.165) is 19.0 Å². The van der Waals surface area contributed by atoms with Crippen LogP contribution in [0.5, 0.6) is 5.75 Å². The Morgan fingerprint density at radius 2 is 1.69 bits per heavy atom. The van der Waals surface area contributed by atoms with E-state index < -0.39 is 11.6 Å². The van der Waals surface area contributed by atoms with E-state index in [9.17, 15) is 13.6 Å². The third-order valence-electron chi connectivity index (χ3n) is 5.10. The highest BCUT2D eigenvalue weighted by molar-refractivity contribution is 6.41. The number of ketones is 1. The number of ether oxygens (including phenoxy) is 1. The Morgan fingerprint density at radius 1 is 0.938 bits per heavy atom. The summed E-state index contributed by atoms with van der Waals surface area (Å²) in [7, 11) is 3.99. The van der Waals surface area contributed by atoms with Crippen molar-refractivity contribution in [1.29, 1.82) is 0 Å². The maximum Gasteiger partial charge on any atom is 0.195 e. The molecule has 0 atom stereocenters. The lowest BCUT2D eigenvalue weighted by Crippen LogP contribution is -2.15. The molecule has 2 aromatic carbocycles. The van der Waals surface area contributed by atoms with Gasteiger partial charge in [0, 0.05) is 47.3 Å². The first-order valence-corrected chi connectivity index (χ1v) is 10.0. The molecule has 166 valence electrons. The molecule has 1 aliphatic carbocycles. The lowest BCUT2D eigenvalue weighted by molar-refractivity contribution is 0.105. The van der Waals surface area contributed by atoms with Gasteiger partial charge in [-0.3, -0.25) is 9.78 Å². The molecule has 1 aromatic heterocycles. The van der Waals surface area contributed by atoms with Crippen LogP contribution >= 0.6 is 12.4 Å². The van der Waals surface area contributed by atoms with Crippen LogP contribution in [0.2, 0.25) is 0 Å². The monoisotopic (exact) mass is 456 g/mol. The van der Waals surface area contributed by atoms with E-state index in [-0.39, 0.29) is 18.2 Å². The largest absolute Gasteiger partial charge is 0.494 e. The predicted molar refractivity (Wildman–Crippen MR) is 123 cm³/mol. The average Bonchev–Trinajstić information content (AvgIpc) is 3.03. The number of fused-ring (bicyclic) bond motifs is 1. The first-order chi connectivity index (χ1) is 14.9. The Labute approximate surface area is 192 Å². The third kappa shape index (κ3) is 4.87. The maximum atomic E-state index is 14.0. The minimum Gasteiger partial charge on any atom is -0.494 e. The molecule has 7 heteroatoms. The van der Waals surface area contributed by atoms with Crippen molar-refractivity contribution >= 4 is 29.3 Å². The summed E-state index contributed by atoms with van der Waals surface area (Å²) >= 11 is 0. The van der Waals surface area contributed by atoms with Gasteiger partial charge in [0.1, 0.15) is 17.4 Å². The molecule has 0 saturated heterocycles. The molecule has 4 rings (SSSR count). The van der Waals surface area contributed by atoms with E-state index in [1.54, 1.807) is 42.7 Å². The number of halogens is 3. The van der Waals surface area contributed by atoms with Crippen molar-refractivity contribution in [2.45, 2.75) is 6.42 Å². The second kappa shape index (κ2) is 10.0. The van der Waals surface area contributed by atoms with Gasteiger partial charge in [0.15, 0.2) is 5.78 Å². The zero-order chi connectivity index (χ0) is 22.0. The Kier molecular flexibility index (Phi) is 7.38. The van der Waals surface area contributed by atoms with Crippen molar-refractivity contribution < 1.29 is 18.3 Å². The molecule has 1 aliphatic rings. The summed E-state index contributed by atoms with van der Waals surface area (Å²) in [5.74, 6) is -1.03. The number of hydrogen-bond acceptors (Lipinski definition) is 4. The zero-order valence-corrected chi connectivity index (χ0v) is 18.6. The Hall–Kier alpha value is -3.09. The van der Waals surface area contributed by atoms with Gasteiger partial charge < -0.3 is 9.64 Å². The van der Waals surface area contributed by atoms with E-state index in [2.05, 4.69) is 9.88 Å². The van der Waals surface area contributed by atoms with Crippen LogP contribution in [0, 0.1) is 11.6 Å². The summed E-state index contributed by atoms with van der Waals surface area (Å²) in [4.78, 5) is 19.6. The molecule has 3 aromatic rings. The number of carbonyl (C=O) groups excluding carboxylic acids is 1. The lowest BCUT2D eigenvalue weighted by Gasteiger charge is -2.12. The second-order valence-corrected chi connectivity index (χ2v) is 7.69. The molecule has 0 bridgehead atoms. The molecule has 0 unspecified atom stereocenters. The molecule has 1 heterocycles. The maximum absolute atomic E-state index is 14.0. The normalized spacial score (nSPS) is 12.7. The van der Waals surface area contributed by atoms with Crippen LogP contribution in [0.15, 0.2) is 60.9 Å². The highest BCUT2D eigenvalue weighted by atomic mass is 35.5. The van der Waals surface area contributed by atoms with E-state index >= 15 is 0 Å². The van der Waals surface area contributed by atoms with Gasteiger partial charge in [0.05, 0.1) is 6.61 Å². The van der Waals surface area contributed by atoms with Gasteiger partial charge in [-0.25, -0.2) is 8.78 Å². The van der Waals surface area contributed by atoms with Gasteiger partial charge in [-0.2, -0.15) is 0 Å². The predicted octanol–water partition coefficient (Wildman–Crippen LogP) is 5.27. The van der Waals surface area contributed by atoms with Crippen LogP contribution in [-0.2, 0) is 0 Å². The third-order valence-corrected chi connectivity index (χ3v) is 5.10. The fourth-order valence-electron chi connectivity index (χ4n) is 3.76. The molecule has 4 nitrogen and oxygen atoms in total. The molecule has 32 heavy (non-hydrogen) atoms. The van der Waals surface area contributed by atoms with Gasteiger partial charge in [0.2, 0.25) is 0 Å². The van der Waals surface area contributed by atoms with E-state index in [1.807, 2.05) is 14.1 Å². The van der Waals surface area contributed by atoms with Crippen LogP contribution in [-0.4, -0.2) is 42.9 Å². The summed E-state index contributed by atoms with van der Waals surface area (Å²) < 4.78 is 33.8. The number of aromatic nitrogens is 1. The van der Waals surface area contributed by atoms with Crippen LogP contribution in [0.3, 0.4) is 0 Å². The van der Waals surface area contributed by atoms with Crippen molar-refractivity contribution in [2.24, 2.45) is 0 Å². The van der Waals surface area contributed by atoms with Crippen molar-refractivity contribution in [1.82, 2.24) is 9.88 Å². The topological polar surface area (TPSA) is 42.4 Å². The highest BCUT2D eigenvalue weighted by Crippen LogP contribution is 2.43. The fraction of sp³-hybridized carbons (Fsp3) is 0.200. The number of pyridine rings is 1. The highest BCUT2D eigenvalue weighted by Gasteiger charge is 2.32. The first-order valence-electron chi connectivity index (χ1n) is 10.0. The molecular weight excluding hydrogens is 434 g/mol. The average molecular weight is 457 g/mol. The summed E-state index contributed by atoms with van der Waals surface area (Å²) in [5, 5.41) is 0. The molecule has 0 N–H and O–H groups in total. The van der Waals surface area contributed by atoms with Crippen LogP contribution in [0.1, 0.15) is 33.5 Å². The van der Waals surface area contributed by atoms with Crippen molar-refractivity contribution in [3.63, 3.8) is 0 Å². The van der Waals surface area contributed by atoms with E-state index in [4.69, 9.17) is 4.74 Å². The number of nitrogens with zero attached hydrogens (tertiary/aromatic N) is 2. The van der Waals surface area contributed by atoms with Crippen molar-refractivity contribution in [3.8, 4) is 5.75 Å². The number of hydrogen-bond donors (Lipinski definition) is 0. The van der Waals surface area contributed by atoms with Gasteiger partial charge >= 0.3 is 0 Å². The van der Waals surface area contributed by atoms with Crippen LogP contribution in [0.25, 0.3) is 11.1 Å². The van der Waals surface area contributed by atoms with E-state index in [0.29, 0.717) is 45.8 Å². The number of benzene rings is 2. The standard InChI is InChI=1S/C25H22F2N2O2.ClH/c1-29(2)9-4-10-31-20-6-7-21-22(14-20)25(30)24(16-5-3-8-28-15-16)23(21)17-11-18(26)13-19(27)12-17;/h3,5-8,11-15H,4,9-10H2,1-2H3;1H. The Bertz CT molecular complexity index is 1140. The number of allylic oxidation sites excluding steroid dienone is 1. The SMILES string of the molecule is CN(C)CCCOc1ccc2c(c1)C(=O)C(c1cccnc1)=C2c1cc(F)cc(F)c1.Cl. The Balaban J connectivity index is 0.00000289. The summed E-state index contributed by atoms with van der Waals surface area (Å²) in [6.45, 7) is 1.42. The minimum absolute atomic E-state index is 0. The Morgan fingerprint density at radius 3 is 2.34 bits per heavy atom. The van der Waals surface area contributed by atoms with Crippen LogP contribution < -0.4 is 4.74 Å². The summed E-state index contributed by atoms with van der Waals surface area (Å²) in [6, 6.07) is 12.0. The quantitative estimate of drug-likeness (QED) is 0.454. The first kappa shape index (κ1) is 23.6. The van der Waals surface area contributed by atoms with E-state index in [1.165, 1.54) is 12.1 Å². The van der Waals surface area contributed by atoms with Crippen molar-refractivity contribution in [2.75, 3.05) is 27.2 Å². The number of Topliss-reactive ketones (excluding diaryl/α,β-unsaturated/α-hetero) is 1. The van der Waals surface area contributed by atoms with Crippen molar-refractivity contribution in [3.05, 3.63) is 94.8 Å². The zero-order valence-electron chi connectivity index (χ0n) is 17.8. The van der Waals surface area contributed by atoms with Gasteiger partial charge in [-0.1, -0.05) is 6.07 Å². The molecule has 0 spiro atoms. The van der Waals surface area contributed by atoms with Crippen LogP contribution in [0.4, 0.5) is 8.78 Å². The minimum atomic E-state index is -0.699. The molecule has 0 radical (unpaired) electrons. The second-order valence-electron chi connectivity index (χ2n) is 7.69. The molecular formula is C25H23ClF2N2O2. The molecule has 0 amide bonds. The van der Waals surface area contributed by atoms with Gasteiger partial charge in [-0.05, 0) is 68.0 Å². The van der Waals surface area contributed by atoms with Gasteiger partial charge in [0.25, 0.3) is 0 Å². The lowest BCUT2D eigenvalue weighted by atomic mass is 9.95. The number of rotatable bonds is 7. The molecule has 0 saturated carbocycles. The number of carbonyl (C=O) groups is 1. The molecule has 0 fully saturated rings. The smallest absolute Gasteiger partial charge is 0.195 e. The summed E-state index contributed by atoms with van der Waals surface area (Å²) in [6.07, 6.45) is 4.04.